The van der Waals surface area contributed by atoms with Crippen LogP contribution in [-0.2, 0) is 19.1 Å². The summed E-state index contributed by atoms with van der Waals surface area (Å²) in [6.07, 6.45) is 1.01. The summed E-state index contributed by atoms with van der Waals surface area (Å²) in [5.74, 6) is -0.348. The highest BCUT2D eigenvalue weighted by Crippen LogP contribution is 2.33. The molecule has 0 bridgehead atoms. The minimum atomic E-state index is -0.338. The number of rotatable bonds is 10. The quantitative estimate of drug-likeness (QED) is 0.438. The molecule has 0 unspecified atom stereocenters. The molecule has 1 aromatic rings. The van der Waals surface area contributed by atoms with Crippen molar-refractivity contribution in [3.8, 4) is 5.75 Å². The fourth-order valence-electron chi connectivity index (χ4n) is 3.12. The number of amides is 2. The van der Waals surface area contributed by atoms with Gasteiger partial charge in [-0.1, -0.05) is 6.92 Å². The molecule has 29 heavy (non-hydrogen) atoms. The first-order chi connectivity index (χ1) is 13.9. The molecule has 2 rings (SSSR count). The van der Waals surface area contributed by atoms with Crippen LogP contribution >= 0.6 is 0 Å². The van der Waals surface area contributed by atoms with Gasteiger partial charge in [-0.3, -0.25) is 19.2 Å². The van der Waals surface area contributed by atoms with E-state index < -0.39 is 0 Å². The molecule has 0 saturated heterocycles. The first-order valence-electron chi connectivity index (χ1n) is 9.88. The van der Waals surface area contributed by atoms with Gasteiger partial charge in [0.25, 0.3) is 5.91 Å². The Labute approximate surface area is 170 Å². The molecular formula is C21H28N2O6. The van der Waals surface area contributed by atoms with Crippen LogP contribution in [-0.4, -0.2) is 61.3 Å². The summed E-state index contributed by atoms with van der Waals surface area (Å²) < 4.78 is 10.3. The lowest BCUT2D eigenvalue weighted by atomic mass is 10.1. The number of ether oxygens (including phenoxy) is 2. The summed E-state index contributed by atoms with van der Waals surface area (Å²) in [7, 11) is 0. The van der Waals surface area contributed by atoms with E-state index in [9.17, 15) is 19.2 Å². The second kappa shape index (κ2) is 10.6. The Morgan fingerprint density at radius 2 is 1.93 bits per heavy atom. The lowest BCUT2D eigenvalue weighted by molar-refractivity contribution is -0.144. The Balaban J connectivity index is 2.06. The second-order valence-electron chi connectivity index (χ2n) is 6.76. The van der Waals surface area contributed by atoms with Gasteiger partial charge in [0.2, 0.25) is 5.91 Å². The average molecular weight is 404 g/mol. The zero-order valence-corrected chi connectivity index (χ0v) is 17.2. The topological polar surface area (TPSA) is 93.2 Å². The van der Waals surface area contributed by atoms with E-state index in [1.54, 1.807) is 30.0 Å². The standard InChI is InChI=1S/C21H28N2O6/c1-4-10-22(11-9-21(27)28-5-2)19(25)8-12-23-17-13-16(15(3)24)6-7-18(17)29-14-20(23)26/h6-7,13H,4-5,8-12,14H2,1-3H3. The summed E-state index contributed by atoms with van der Waals surface area (Å²) >= 11 is 0. The fourth-order valence-corrected chi connectivity index (χ4v) is 3.12. The third-order valence-corrected chi connectivity index (χ3v) is 4.60. The van der Waals surface area contributed by atoms with Gasteiger partial charge in [-0.05, 0) is 38.5 Å². The SMILES string of the molecule is CCCN(CCC(=O)OCC)C(=O)CCN1C(=O)COc2ccc(C(C)=O)cc21. The van der Waals surface area contributed by atoms with Crippen LogP contribution in [0.5, 0.6) is 5.75 Å². The fraction of sp³-hybridized carbons (Fsp3) is 0.524. The number of esters is 1. The second-order valence-corrected chi connectivity index (χ2v) is 6.76. The first-order valence-corrected chi connectivity index (χ1v) is 9.88. The molecule has 0 radical (unpaired) electrons. The van der Waals surface area contributed by atoms with Gasteiger partial charge in [0, 0.05) is 31.6 Å². The number of anilines is 1. The van der Waals surface area contributed by atoms with Gasteiger partial charge >= 0.3 is 5.97 Å². The molecular weight excluding hydrogens is 376 g/mol. The molecule has 8 heteroatoms. The van der Waals surface area contributed by atoms with E-state index >= 15 is 0 Å². The highest BCUT2D eigenvalue weighted by molar-refractivity contribution is 6.01. The molecule has 1 aromatic carbocycles. The maximum absolute atomic E-state index is 12.7. The van der Waals surface area contributed by atoms with Gasteiger partial charge in [-0.25, -0.2) is 0 Å². The monoisotopic (exact) mass is 404 g/mol. The zero-order valence-electron chi connectivity index (χ0n) is 17.2. The summed E-state index contributed by atoms with van der Waals surface area (Å²) in [5.41, 5.74) is 0.968. The van der Waals surface area contributed by atoms with Crippen molar-refractivity contribution in [1.82, 2.24) is 4.90 Å². The van der Waals surface area contributed by atoms with Crippen LogP contribution in [0, 0.1) is 0 Å². The summed E-state index contributed by atoms with van der Waals surface area (Å²) in [5, 5.41) is 0. The van der Waals surface area contributed by atoms with Gasteiger partial charge < -0.3 is 19.3 Å². The number of hydrogen-bond acceptors (Lipinski definition) is 6. The molecule has 0 N–H and O–H groups in total. The maximum atomic E-state index is 12.7. The number of hydrogen-bond donors (Lipinski definition) is 0. The van der Waals surface area contributed by atoms with Gasteiger partial charge in [0.15, 0.2) is 12.4 Å². The molecule has 8 nitrogen and oxygen atoms in total. The number of nitrogens with zero attached hydrogens (tertiary/aromatic N) is 2. The number of benzene rings is 1. The van der Waals surface area contributed by atoms with Gasteiger partial charge in [-0.2, -0.15) is 0 Å². The van der Waals surface area contributed by atoms with Crippen LogP contribution in [0.2, 0.25) is 0 Å². The van der Waals surface area contributed by atoms with Crippen molar-refractivity contribution in [3.05, 3.63) is 23.8 Å². The highest BCUT2D eigenvalue weighted by atomic mass is 16.5. The predicted octanol–water partition coefficient (Wildman–Crippen LogP) is 2.20. The maximum Gasteiger partial charge on any atom is 0.307 e. The van der Waals surface area contributed by atoms with E-state index in [0.29, 0.717) is 30.2 Å². The largest absolute Gasteiger partial charge is 0.482 e. The van der Waals surface area contributed by atoms with Crippen LogP contribution < -0.4 is 9.64 Å². The third-order valence-electron chi connectivity index (χ3n) is 4.60. The molecule has 2 amide bonds. The summed E-state index contributed by atoms with van der Waals surface area (Å²) in [6.45, 7) is 6.33. The molecule has 0 atom stereocenters. The smallest absolute Gasteiger partial charge is 0.307 e. The van der Waals surface area contributed by atoms with Crippen molar-refractivity contribution >= 4 is 29.3 Å². The molecule has 0 aromatic heterocycles. The van der Waals surface area contributed by atoms with Crippen molar-refractivity contribution in [3.63, 3.8) is 0 Å². The Hall–Kier alpha value is -2.90. The van der Waals surface area contributed by atoms with E-state index in [-0.39, 0.29) is 56.1 Å². The van der Waals surface area contributed by atoms with E-state index in [1.807, 2.05) is 6.92 Å². The molecule has 0 saturated carbocycles. The van der Waals surface area contributed by atoms with Crippen LogP contribution in [0.15, 0.2) is 18.2 Å². The van der Waals surface area contributed by atoms with Crippen molar-refractivity contribution in [2.24, 2.45) is 0 Å². The minimum Gasteiger partial charge on any atom is -0.482 e. The Morgan fingerprint density at radius 1 is 1.17 bits per heavy atom. The molecule has 1 heterocycles. The third kappa shape index (κ3) is 6.04. The minimum absolute atomic E-state index is 0.109. The van der Waals surface area contributed by atoms with E-state index in [4.69, 9.17) is 9.47 Å². The van der Waals surface area contributed by atoms with Gasteiger partial charge in [-0.15, -0.1) is 0 Å². The zero-order chi connectivity index (χ0) is 21.4. The number of ketones is 1. The van der Waals surface area contributed by atoms with Crippen LogP contribution in [0.1, 0.15) is 50.4 Å². The van der Waals surface area contributed by atoms with Crippen LogP contribution in [0.4, 0.5) is 5.69 Å². The van der Waals surface area contributed by atoms with E-state index in [1.165, 1.54) is 11.8 Å². The molecule has 0 spiro atoms. The lowest BCUT2D eigenvalue weighted by Crippen LogP contribution is -2.42. The Bertz CT molecular complexity index is 776. The number of carbonyl (C=O) groups is 4. The average Bonchev–Trinajstić information content (AvgIpc) is 2.69. The van der Waals surface area contributed by atoms with Crippen molar-refractivity contribution < 1.29 is 28.7 Å². The molecule has 0 aliphatic carbocycles. The Morgan fingerprint density at radius 3 is 2.59 bits per heavy atom. The van der Waals surface area contributed by atoms with E-state index in [2.05, 4.69) is 0 Å². The molecule has 0 fully saturated rings. The van der Waals surface area contributed by atoms with Crippen LogP contribution in [0.3, 0.4) is 0 Å². The summed E-state index contributed by atoms with van der Waals surface area (Å²) in [4.78, 5) is 51.4. The van der Waals surface area contributed by atoms with Crippen molar-refractivity contribution in [2.45, 2.75) is 40.0 Å². The van der Waals surface area contributed by atoms with Gasteiger partial charge in [0.05, 0.1) is 18.7 Å². The lowest BCUT2D eigenvalue weighted by Gasteiger charge is -2.30. The summed E-state index contributed by atoms with van der Waals surface area (Å²) in [6, 6.07) is 4.93. The normalized spacial score (nSPS) is 12.8. The number of carbonyl (C=O) groups excluding carboxylic acids is 4. The molecule has 1 aliphatic heterocycles. The highest BCUT2D eigenvalue weighted by Gasteiger charge is 2.27. The van der Waals surface area contributed by atoms with Crippen molar-refractivity contribution in [2.75, 3.05) is 37.7 Å². The number of Topliss-reactive ketones (excluding diaryl/α,β-unsaturated/α-hetero) is 1. The van der Waals surface area contributed by atoms with Gasteiger partial charge in [0.1, 0.15) is 5.75 Å². The Kier molecular flexibility index (Phi) is 8.18. The number of fused-ring (bicyclic) bond motifs is 1. The van der Waals surface area contributed by atoms with Crippen molar-refractivity contribution in [1.29, 1.82) is 0 Å². The molecule has 1 aliphatic rings. The van der Waals surface area contributed by atoms with E-state index in [0.717, 1.165) is 6.42 Å². The van der Waals surface area contributed by atoms with Crippen LogP contribution in [0.25, 0.3) is 0 Å². The molecule has 158 valence electrons. The predicted molar refractivity (Wildman–Crippen MR) is 107 cm³/mol. The first kappa shape index (κ1) is 22.4.